The number of aromatic nitrogens is 2. The number of hydrogen-bond acceptors (Lipinski definition) is 3. The largest absolute Gasteiger partial charge is 0.497 e. The topological polar surface area (TPSA) is 53.1 Å². The molecule has 0 atom stereocenters. The molecule has 1 aromatic heterocycles. The molecular weight excluding hydrogens is 202 g/mol. The van der Waals surface area contributed by atoms with E-state index in [1.54, 1.807) is 11.8 Å². The summed E-state index contributed by atoms with van der Waals surface area (Å²) in [6.45, 7) is 2.62. The minimum absolute atomic E-state index is 0.684. The number of nitrogens with two attached hydrogens (primary N) is 1. The van der Waals surface area contributed by atoms with Gasteiger partial charge < -0.3 is 10.5 Å². The summed E-state index contributed by atoms with van der Waals surface area (Å²) in [7, 11) is 1.66. The molecule has 16 heavy (non-hydrogen) atoms. The molecule has 0 radical (unpaired) electrons. The molecule has 0 amide bonds. The van der Waals surface area contributed by atoms with Gasteiger partial charge in [0.1, 0.15) is 11.6 Å². The molecule has 4 nitrogen and oxygen atoms in total. The molecular formula is C12H15N3O. The second-order valence-electron chi connectivity index (χ2n) is 3.72. The van der Waals surface area contributed by atoms with Crippen molar-refractivity contribution in [2.75, 3.05) is 12.8 Å². The van der Waals surface area contributed by atoms with Crippen molar-refractivity contribution in [1.82, 2.24) is 9.78 Å². The fraction of sp³-hybridized carbons (Fsp3) is 0.250. The predicted octanol–water partition coefficient (Wildman–Crippen LogP) is 1.83. The van der Waals surface area contributed by atoms with Crippen molar-refractivity contribution in [3.63, 3.8) is 0 Å². The smallest absolute Gasteiger partial charge is 0.122 e. The quantitative estimate of drug-likeness (QED) is 0.853. The first kappa shape index (κ1) is 10.5. The predicted molar refractivity (Wildman–Crippen MR) is 63.5 cm³/mol. The lowest BCUT2D eigenvalue weighted by Gasteiger charge is -2.05. The van der Waals surface area contributed by atoms with Crippen LogP contribution in [0.15, 0.2) is 30.3 Å². The number of nitrogen functional groups attached to an aromatic ring is 1. The number of methoxy groups -OCH3 is 1. The summed E-state index contributed by atoms with van der Waals surface area (Å²) in [6.07, 6.45) is 0. The normalized spacial score (nSPS) is 10.4. The van der Waals surface area contributed by atoms with Crippen LogP contribution in [0.3, 0.4) is 0 Å². The van der Waals surface area contributed by atoms with Crippen LogP contribution in [0.5, 0.6) is 5.75 Å². The second kappa shape index (κ2) is 4.26. The summed E-state index contributed by atoms with van der Waals surface area (Å²) in [5.41, 5.74) is 7.91. The highest BCUT2D eigenvalue weighted by atomic mass is 16.5. The highest BCUT2D eigenvalue weighted by Crippen LogP contribution is 2.14. The van der Waals surface area contributed by atoms with Crippen molar-refractivity contribution in [3.05, 3.63) is 41.6 Å². The molecule has 0 unspecified atom stereocenters. The van der Waals surface area contributed by atoms with E-state index >= 15 is 0 Å². The van der Waals surface area contributed by atoms with E-state index in [-0.39, 0.29) is 0 Å². The van der Waals surface area contributed by atoms with Gasteiger partial charge in [0.25, 0.3) is 0 Å². The van der Waals surface area contributed by atoms with Gasteiger partial charge in [-0.15, -0.1) is 0 Å². The van der Waals surface area contributed by atoms with Gasteiger partial charge in [0.15, 0.2) is 0 Å². The zero-order chi connectivity index (χ0) is 11.5. The van der Waals surface area contributed by atoms with Crippen LogP contribution in [0, 0.1) is 6.92 Å². The number of ether oxygens (including phenoxy) is 1. The van der Waals surface area contributed by atoms with Gasteiger partial charge in [-0.2, -0.15) is 5.10 Å². The summed E-state index contributed by atoms with van der Waals surface area (Å²) in [4.78, 5) is 0. The van der Waals surface area contributed by atoms with Crippen LogP contribution in [0.1, 0.15) is 11.3 Å². The third-order valence-corrected chi connectivity index (χ3v) is 2.42. The number of hydrogen-bond donors (Lipinski definition) is 1. The van der Waals surface area contributed by atoms with E-state index in [2.05, 4.69) is 5.10 Å². The number of benzene rings is 1. The highest BCUT2D eigenvalue weighted by molar-refractivity contribution is 5.33. The third kappa shape index (κ3) is 2.16. The van der Waals surface area contributed by atoms with Crippen LogP contribution >= 0.6 is 0 Å². The molecule has 0 bridgehead atoms. The minimum Gasteiger partial charge on any atom is -0.497 e. The molecule has 0 aliphatic rings. The summed E-state index contributed by atoms with van der Waals surface area (Å²) in [6, 6.07) is 9.75. The average Bonchev–Trinajstić information content (AvgIpc) is 2.59. The van der Waals surface area contributed by atoms with Crippen molar-refractivity contribution >= 4 is 5.82 Å². The van der Waals surface area contributed by atoms with Crippen LogP contribution in [-0.4, -0.2) is 16.9 Å². The molecule has 0 aliphatic heterocycles. The van der Waals surface area contributed by atoms with Gasteiger partial charge in [-0.05, 0) is 24.6 Å². The first-order chi connectivity index (χ1) is 7.69. The van der Waals surface area contributed by atoms with Crippen molar-refractivity contribution in [3.8, 4) is 5.75 Å². The van der Waals surface area contributed by atoms with Gasteiger partial charge in [0.2, 0.25) is 0 Å². The molecule has 2 rings (SSSR count). The molecule has 0 fully saturated rings. The lowest BCUT2D eigenvalue weighted by Crippen LogP contribution is -2.05. The summed E-state index contributed by atoms with van der Waals surface area (Å²) < 4.78 is 6.89. The SMILES string of the molecule is COc1ccc(Cn2nc(C)cc2N)cc1. The number of aryl methyl sites for hydroxylation is 1. The number of anilines is 1. The molecule has 2 N–H and O–H groups in total. The van der Waals surface area contributed by atoms with Crippen LogP contribution in [0.25, 0.3) is 0 Å². The maximum atomic E-state index is 5.82. The van der Waals surface area contributed by atoms with E-state index in [9.17, 15) is 0 Å². The summed E-state index contributed by atoms with van der Waals surface area (Å²) in [5.74, 6) is 1.54. The molecule has 0 aliphatic carbocycles. The zero-order valence-electron chi connectivity index (χ0n) is 9.47. The number of rotatable bonds is 3. The van der Waals surface area contributed by atoms with Gasteiger partial charge >= 0.3 is 0 Å². The van der Waals surface area contributed by atoms with Gasteiger partial charge in [0, 0.05) is 6.07 Å². The van der Waals surface area contributed by atoms with Gasteiger partial charge in [0.05, 0.1) is 19.3 Å². The highest BCUT2D eigenvalue weighted by Gasteiger charge is 2.02. The molecule has 1 heterocycles. The van der Waals surface area contributed by atoms with Crippen molar-refractivity contribution < 1.29 is 4.74 Å². The first-order valence-corrected chi connectivity index (χ1v) is 5.12. The molecule has 2 aromatic rings. The van der Waals surface area contributed by atoms with E-state index in [4.69, 9.17) is 10.5 Å². The average molecular weight is 217 g/mol. The fourth-order valence-corrected chi connectivity index (χ4v) is 1.60. The van der Waals surface area contributed by atoms with Crippen LogP contribution in [-0.2, 0) is 6.54 Å². The van der Waals surface area contributed by atoms with Crippen molar-refractivity contribution in [2.45, 2.75) is 13.5 Å². The van der Waals surface area contributed by atoms with E-state index in [1.165, 1.54) is 0 Å². The lowest BCUT2D eigenvalue weighted by molar-refractivity contribution is 0.414. The van der Waals surface area contributed by atoms with Crippen molar-refractivity contribution in [1.29, 1.82) is 0 Å². The maximum absolute atomic E-state index is 5.82. The molecule has 0 saturated heterocycles. The molecule has 84 valence electrons. The standard InChI is InChI=1S/C12H15N3O/c1-9-7-12(13)15(14-9)8-10-3-5-11(16-2)6-4-10/h3-7H,8,13H2,1-2H3. The Morgan fingerprint density at radius 1 is 1.31 bits per heavy atom. The van der Waals surface area contributed by atoms with Gasteiger partial charge in [-0.25, -0.2) is 4.68 Å². The Balaban J connectivity index is 2.17. The first-order valence-electron chi connectivity index (χ1n) is 5.12. The van der Waals surface area contributed by atoms with E-state index in [1.807, 2.05) is 37.3 Å². The zero-order valence-corrected chi connectivity index (χ0v) is 9.47. The second-order valence-corrected chi connectivity index (χ2v) is 3.72. The van der Waals surface area contributed by atoms with E-state index in [0.717, 1.165) is 17.0 Å². The Hall–Kier alpha value is -1.97. The van der Waals surface area contributed by atoms with Crippen LogP contribution < -0.4 is 10.5 Å². The monoisotopic (exact) mass is 217 g/mol. The summed E-state index contributed by atoms with van der Waals surface area (Å²) in [5, 5.41) is 4.31. The fourth-order valence-electron chi connectivity index (χ4n) is 1.60. The maximum Gasteiger partial charge on any atom is 0.122 e. The Bertz CT molecular complexity index is 474. The third-order valence-electron chi connectivity index (χ3n) is 2.42. The summed E-state index contributed by atoms with van der Waals surface area (Å²) >= 11 is 0. The van der Waals surface area contributed by atoms with Gasteiger partial charge in [-0.3, -0.25) is 0 Å². The Morgan fingerprint density at radius 2 is 2.00 bits per heavy atom. The Kier molecular flexibility index (Phi) is 2.81. The molecule has 1 aromatic carbocycles. The van der Waals surface area contributed by atoms with E-state index < -0.39 is 0 Å². The van der Waals surface area contributed by atoms with Crippen molar-refractivity contribution in [2.24, 2.45) is 0 Å². The lowest BCUT2D eigenvalue weighted by atomic mass is 10.2. The molecule has 4 heteroatoms. The Morgan fingerprint density at radius 3 is 2.50 bits per heavy atom. The molecule has 0 spiro atoms. The van der Waals surface area contributed by atoms with Gasteiger partial charge in [-0.1, -0.05) is 12.1 Å². The van der Waals surface area contributed by atoms with Crippen LogP contribution in [0.4, 0.5) is 5.82 Å². The minimum atomic E-state index is 0.684. The number of nitrogens with zero attached hydrogens (tertiary/aromatic N) is 2. The Labute approximate surface area is 94.6 Å². The molecule has 0 saturated carbocycles. The van der Waals surface area contributed by atoms with Crippen LogP contribution in [0.2, 0.25) is 0 Å². The van der Waals surface area contributed by atoms with E-state index in [0.29, 0.717) is 12.4 Å².